The van der Waals surface area contributed by atoms with E-state index in [9.17, 15) is 14.7 Å². The molecule has 25 heavy (non-hydrogen) atoms. The van der Waals surface area contributed by atoms with E-state index in [-0.39, 0.29) is 24.1 Å². The molecule has 2 aromatic rings. The van der Waals surface area contributed by atoms with E-state index in [1.165, 1.54) is 0 Å². The summed E-state index contributed by atoms with van der Waals surface area (Å²) >= 11 is 0. The molecular formula is C18H22N4O3. The van der Waals surface area contributed by atoms with Gasteiger partial charge in [-0.1, -0.05) is 49.4 Å². The van der Waals surface area contributed by atoms with Crippen molar-refractivity contribution in [2.24, 2.45) is 11.3 Å². The van der Waals surface area contributed by atoms with Crippen LogP contribution in [0.4, 0.5) is 0 Å². The van der Waals surface area contributed by atoms with Crippen LogP contribution in [-0.4, -0.2) is 50.0 Å². The maximum absolute atomic E-state index is 12.7. The van der Waals surface area contributed by atoms with E-state index in [0.717, 1.165) is 5.56 Å². The molecule has 1 aromatic heterocycles. The molecule has 1 fully saturated rings. The fourth-order valence-electron chi connectivity index (χ4n) is 3.31. The minimum Gasteiger partial charge on any atom is -0.481 e. The molecule has 1 aliphatic rings. The second-order valence-electron chi connectivity index (χ2n) is 6.88. The number of carboxylic acid groups (broad SMARTS) is 1. The van der Waals surface area contributed by atoms with Gasteiger partial charge in [0.1, 0.15) is 0 Å². The number of aromatic nitrogens is 3. The number of benzene rings is 1. The van der Waals surface area contributed by atoms with Gasteiger partial charge in [-0.2, -0.15) is 0 Å². The van der Waals surface area contributed by atoms with E-state index in [0.29, 0.717) is 19.5 Å². The lowest BCUT2D eigenvalue weighted by Crippen LogP contribution is -2.40. The smallest absolute Gasteiger partial charge is 0.311 e. The minimum atomic E-state index is -0.879. The number of hydrogen-bond donors (Lipinski definition) is 1. The van der Waals surface area contributed by atoms with Crippen molar-refractivity contribution in [1.29, 1.82) is 0 Å². The number of carboxylic acids is 1. The van der Waals surface area contributed by atoms with Gasteiger partial charge in [0.15, 0.2) is 5.69 Å². The molecule has 0 aliphatic carbocycles. The lowest BCUT2D eigenvalue weighted by molar-refractivity contribution is -0.150. The first-order valence-corrected chi connectivity index (χ1v) is 8.39. The summed E-state index contributed by atoms with van der Waals surface area (Å²) < 4.78 is 1.62. The molecule has 1 unspecified atom stereocenters. The second kappa shape index (κ2) is 6.66. The highest BCUT2D eigenvalue weighted by Crippen LogP contribution is 2.38. The van der Waals surface area contributed by atoms with Crippen LogP contribution < -0.4 is 0 Å². The zero-order chi connectivity index (χ0) is 18.0. The molecule has 1 aromatic carbocycles. The number of hydrogen-bond acceptors (Lipinski definition) is 4. The molecule has 1 atom stereocenters. The van der Waals surface area contributed by atoms with Gasteiger partial charge in [-0.3, -0.25) is 9.59 Å². The van der Waals surface area contributed by atoms with E-state index in [1.807, 2.05) is 44.2 Å². The van der Waals surface area contributed by atoms with Gasteiger partial charge < -0.3 is 10.0 Å². The number of rotatable bonds is 5. The van der Waals surface area contributed by atoms with E-state index in [2.05, 4.69) is 10.3 Å². The van der Waals surface area contributed by atoms with Crippen LogP contribution in [0.3, 0.4) is 0 Å². The summed E-state index contributed by atoms with van der Waals surface area (Å²) in [4.78, 5) is 25.9. The van der Waals surface area contributed by atoms with Crippen LogP contribution in [0, 0.1) is 11.3 Å². The van der Waals surface area contributed by atoms with Crippen LogP contribution in [0.25, 0.3) is 0 Å². The third kappa shape index (κ3) is 3.26. The van der Waals surface area contributed by atoms with Gasteiger partial charge in [-0.05, 0) is 17.9 Å². The molecule has 0 bridgehead atoms. The minimum absolute atomic E-state index is 0.0448. The van der Waals surface area contributed by atoms with E-state index < -0.39 is 11.4 Å². The normalized spacial score (nSPS) is 20.2. The molecule has 3 rings (SSSR count). The molecule has 132 valence electrons. The standard InChI is InChI=1S/C18H22N4O3/c1-13(2)18(17(24)25)8-9-21(12-18)16(23)15-11-22(20-19-15)10-14-6-4-3-5-7-14/h3-7,11,13H,8-10,12H2,1-2H3,(H,24,25). The summed E-state index contributed by atoms with van der Waals surface area (Å²) in [5.74, 6) is -1.15. The van der Waals surface area contributed by atoms with Crippen molar-refractivity contribution in [3.63, 3.8) is 0 Å². The molecule has 2 heterocycles. The van der Waals surface area contributed by atoms with Gasteiger partial charge in [0, 0.05) is 13.1 Å². The summed E-state index contributed by atoms with van der Waals surface area (Å²) in [6.07, 6.45) is 2.08. The van der Waals surface area contributed by atoms with Crippen LogP contribution >= 0.6 is 0 Å². The Bertz CT molecular complexity index is 772. The Morgan fingerprint density at radius 3 is 2.60 bits per heavy atom. The fourth-order valence-corrected chi connectivity index (χ4v) is 3.31. The number of carbonyl (C=O) groups is 2. The first kappa shape index (κ1) is 17.1. The van der Waals surface area contributed by atoms with Crippen LogP contribution in [0.5, 0.6) is 0 Å². The molecule has 0 saturated carbocycles. The van der Waals surface area contributed by atoms with Gasteiger partial charge in [0.05, 0.1) is 18.2 Å². The summed E-state index contributed by atoms with van der Waals surface area (Å²) in [5.41, 5.74) is 0.438. The zero-order valence-corrected chi connectivity index (χ0v) is 14.4. The van der Waals surface area contributed by atoms with Gasteiger partial charge >= 0.3 is 5.97 Å². The predicted molar refractivity (Wildman–Crippen MR) is 91.0 cm³/mol. The van der Waals surface area contributed by atoms with Gasteiger partial charge in [0.25, 0.3) is 5.91 Å². The monoisotopic (exact) mass is 342 g/mol. The van der Waals surface area contributed by atoms with Gasteiger partial charge in [-0.15, -0.1) is 5.10 Å². The van der Waals surface area contributed by atoms with Crippen molar-refractivity contribution >= 4 is 11.9 Å². The third-order valence-electron chi connectivity index (χ3n) is 5.06. The Morgan fingerprint density at radius 2 is 2.00 bits per heavy atom. The zero-order valence-electron chi connectivity index (χ0n) is 14.4. The first-order chi connectivity index (χ1) is 11.9. The Labute approximate surface area is 146 Å². The Morgan fingerprint density at radius 1 is 1.28 bits per heavy atom. The molecule has 7 heteroatoms. The Balaban J connectivity index is 1.71. The van der Waals surface area contributed by atoms with Crippen molar-refractivity contribution in [2.75, 3.05) is 13.1 Å². The quantitative estimate of drug-likeness (QED) is 0.896. The fraction of sp³-hybridized carbons (Fsp3) is 0.444. The van der Waals surface area contributed by atoms with Crippen molar-refractivity contribution in [2.45, 2.75) is 26.8 Å². The number of carbonyl (C=O) groups excluding carboxylic acids is 1. The van der Waals surface area contributed by atoms with Crippen molar-refractivity contribution < 1.29 is 14.7 Å². The first-order valence-electron chi connectivity index (χ1n) is 8.39. The van der Waals surface area contributed by atoms with Crippen LogP contribution in [-0.2, 0) is 11.3 Å². The highest BCUT2D eigenvalue weighted by molar-refractivity contribution is 5.93. The van der Waals surface area contributed by atoms with Crippen molar-refractivity contribution in [3.05, 3.63) is 47.8 Å². The predicted octanol–water partition coefficient (Wildman–Crippen LogP) is 1.90. The Kier molecular flexibility index (Phi) is 4.57. The maximum Gasteiger partial charge on any atom is 0.311 e. The lowest BCUT2D eigenvalue weighted by Gasteiger charge is -2.28. The molecule has 1 aliphatic heterocycles. The Hall–Kier alpha value is -2.70. The summed E-state index contributed by atoms with van der Waals surface area (Å²) in [6, 6.07) is 9.79. The largest absolute Gasteiger partial charge is 0.481 e. The molecule has 0 spiro atoms. The number of nitrogens with zero attached hydrogens (tertiary/aromatic N) is 4. The molecule has 1 N–H and O–H groups in total. The van der Waals surface area contributed by atoms with E-state index in [4.69, 9.17) is 0 Å². The average molecular weight is 342 g/mol. The number of aliphatic carboxylic acids is 1. The van der Waals surface area contributed by atoms with Crippen LogP contribution in [0.1, 0.15) is 36.3 Å². The van der Waals surface area contributed by atoms with Crippen molar-refractivity contribution in [3.8, 4) is 0 Å². The van der Waals surface area contributed by atoms with Crippen molar-refractivity contribution in [1.82, 2.24) is 19.9 Å². The molecule has 0 radical (unpaired) electrons. The molecule has 7 nitrogen and oxygen atoms in total. The number of likely N-dealkylation sites (tertiary alicyclic amines) is 1. The van der Waals surface area contributed by atoms with Gasteiger partial charge in [-0.25, -0.2) is 4.68 Å². The highest BCUT2D eigenvalue weighted by atomic mass is 16.4. The van der Waals surface area contributed by atoms with E-state index in [1.54, 1.807) is 15.8 Å². The molecule has 1 saturated heterocycles. The number of amides is 1. The third-order valence-corrected chi connectivity index (χ3v) is 5.06. The second-order valence-corrected chi connectivity index (χ2v) is 6.88. The molecular weight excluding hydrogens is 320 g/mol. The van der Waals surface area contributed by atoms with Gasteiger partial charge in [0.2, 0.25) is 0 Å². The topological polar surface area (TPSA) is 88.3 Å². The maximum atomic E-state index is 12.7. The summed E-state index contributed by atoms with van der Waals surface area (Å²) in [7, 11) is 0. The van der Waals surface area contributed by atoms with E-state index >= 15 is 0 Å². The van der Waals surface area contributed by atoms with Crippen LogP contribution in [0.15, 0.2) is 36.5 Å². The SMILES string of the molecule is CC(C)C1(C(=O)O)CCN(C(=O)c2cn(Cc3ccccc3)nn2)C1. The van der Waals surface area contributed by atoms with Crippen LogP contribution in [0.2, 0.25) is 0 Å². The highest BCUT2D eigenvalue weighted by Gasteiger charge is 2.48. The summed E-state index contributed by atoms with van der Waals surface area (Å²) in [6.45, 7) is 4.95. The molecule has 1 amide bonds. The lowest BCUT2D eigenvalue weighted by atomic mass is 9.76. The summed E-state index contributed by atoms with van der Waals surface area (Å²) in [5, 5.41) is 17.6. The average Bonchev–Trinajstić information content (AvgIpc) is 3.23.